The zero-order valence-corrected chi connectivity index (χ0v) is 20.9. The van der Waals surface area contributed by atoms with Gasteiger partial charge in [0.25, 0.3) is 0 Å². The van der Waals surface area contributed by atoms with E-state index in [0.717, 1.165) is 58.9 Å². The molecule has 184 valence electrons. The Labute approximate surface area is 208 Å². The third-order valence-electron chi connectivity index (χ3n) is 6.77. The third-order valence-corrected chi connectivity index (χ3v) is 7.13. The average molecular weight is 498 g/mol. The van der Waals surface area contributed by atoms with Gasteiger partial charge in [0.2, 0.25) is 0 Å². The molecule has 0 radical (unpaired) electrons. The molecular weight excluding hydrogens is 469 g/mol. The molecule has 0 atom stereocenters. The van der Waals surface area contributed by atoms with Crippen molar-refractivity contribution in [2.45, 2.75) is 64.5 Å². The Hall–Kier alpha value is -3.00. The molecule has 0 spiro atoms. The molecule has 9 heteroatoms. The van der Waals surface area contributed by atoms with Crippen LogP contribution in [0.4, 0.5) is 14.9 Å². The van der Waals surface area contributed by atoms with Gasteiger partial charge in [-0.1, -0.05) is 11.6 Å². The number of hydrogen-bond acceptors (Lipinski definition) is 5. The molecule has 2 aromatic rings. The summed E-state index contributed by atoms with van der Waals surface area (Å²) in [6.07, 6.45) is 8.13. The van der Waals surface area contributed by atoms with Crippen molar-refractivity contribution in [3.63, 3.8) is 0 Å². The zero-order valence-electron chi connectivity index (χ0n) is 20.1. The maximum Gasteiger partial charge on any atom is 0.415 e. The number of amides is 1. The van der Waals surface area contributed by atoms with Crippen LogP contribution in [0.2, 0.25) is 0 Å². The van der Waals surface area contributed by atoms with Crippen LogP contribution in [-0.4, -0.2) is 28.2 Å². The number of allylic oxidation sites excluding steroid dienone is 1. The summed E-state index contributed by atoms with van der Waals surface area (Å²) in [6.45, 7) is 6.25. The van der Waals surface area contributed by atoms with Gasteiger partial charge in [-0.25, -0.2) is 9.18 Å². The quantitative estimate of drug-likeness (QED) is 0.614. The number of H-pyrrole nitrogens is 1. The topological polar surface area (TPSA) is 82.9 Å². The first-order valence-corrected chi connectivity index (χ1v) is 12.4. The predicted molar refractivity (Wildman–Crippen MR) is 133 cm³/mol. The molecular formula is C26H29ClFN5O2. The maximum atomic E-state index is 13.3. The lowest BCUT2D eigenvalue weighted by Crippen LogP contribution is -2.39. The molecule has 0 aromatic carbocycles. The highest BCUT2D eigenvalue weighted by Gasteiger charge is 2.33. The third kappa shape index (κ3) is 4.76. The molecule has 7 nitrogen and oxygen atoms in total. The molecule has 0 saturated heterocycles. The number of nitrogens with one attached hydrogen (secondary N) is 1. The second-order valence-electron chi connectivity index (χ2n) is 10.3. The molecule has 1 fully saturated rings. The number of fused-ring (bicyclic) bond motifs is 3. The molecule has 0 bridgehead atoms. The summed E-state index contributed by atoms with van der Waals surface area (Å²) in [5, 5.41) is 10.6. The van der Waals surface area contributed by atoms with Gasteiger partial charge in [0.05, 0.1) is 35.3 Å². The number of ether oxygens (including phenoxy) is 1. The normalized spacial score (nSPS) is 22.0. The monoisotopic (exact) mass is 497 g/mol. The van der Waals surface area contributed by atoms with Gasteiger partial charge in [0, 0.05) is 28.8 Å². The highest BCUT2D eigenvalue weighted by molar-refractivity contribution is 6.36. The molecule has 4 heterocycles. The predicted octanol–water partition coefficient (Wildman–Crippen LogP) is 5.26. The van der Waals surface area contributed by atoms with Crippen molar-refractivity contribution in [3.8, 4) is 0 Å². The lowest BCUT2D eigenvalue weighted by Gasteiger charge is -2.29. The van der Waals surface area contributed by atoms with Crippen LogP contribution in [0.5, 0.6) is 0 Å². The van der Waals surface area contributed by atoms with Crippen LogP contribution in [0.15, 0.2) is 39.7 Å². The lowest BCUT2D eigenvalue weighted by atomic mass is 9.77. The lowest BCUT2D eigenvalue weighted by molar-refractivity contribution is 0.0584. The summed E-state index contributed by atoms with van der Waals surface area (Å²) >= 11 is 6.90. The summed E-state index contributed by atoms with van der Waals surface area (Å²) in [5.41, 5.74) is 3.01. The van der Waals surface area contributed by atoms with E-state index in [1.54, 1.807) is 17.2 Å². The van der Waals surface area contributed by atoms with Gasteiger partial charge in [-0.2, -0.15) is 10.2 Å². The van der Waals surface area contributed by atoms with Gasteiger partial charge in [0.1, 0.15) is 11.4 Å². The Morgan fingerprint density at radius 1 is 1.20 bits per heavy atom. The van der Waals surface area contributed by atoms with Crippen LogP contribution in [0.25, 0.3) is 11.8 Å². The van der Waals surface area contributed by atoms with Gasteiger partial charge < -0.3 is 9.72 Å². The van der Waals surface area contributed by atoms with Crippen LogP contribution in [-0.2, 0) is 11.3 Å². The van der Waals surface area contributed by atoms with E-state index in [4.69, 9.17) is 16.3 Å². The minimum atomic E-state index is -0.626. The van der Waals surface area contributed by atoms with Crippen molar-refractivity contribution in [1.82, 2.24) is 9.97 Å². The molecule has 5 rings (SSSR count). The number of halogens is 2. The number of rotatable bonds is 2. The average Bonchev–Trinajstić information content (AvgIpc) is 3.11. The van der Waals surface area contributed by atoms with E-state index in [2.05, 4.69) is 20.2 Å². The molecule has 1 saturated carbocycles. The Morgan fingerprint density at radius 2 is 1.94 bits per heavy atom. The number of hydrogen-bond donors (Lipinski definition) is 1. The SMILES string of the molecule is CC(C)(C)OC(=O)N1CC=C(Cl)C(C2CCC(c3ccc(F)cn3)CC2)=c2[nH]c3c(c21)CN=NC=3. The van der Waals surface area contributed by atoms with Crippen LogP contribution >= 0.6 is 11.6 Å². The number of aromatic amines is 1. The van der Waals surface area contributed by atoms with Crippen molar-refractivity contribution in [2.75, 3.05) is 11.4 Å². The highest BCUT2D eigenvalue weighted by atomic mass is 35.5. The van der Waals surface area contributed by atoms with E-state index in [0.29, 0.717) is 24.0 Å². The van der Waals surface area contributed by atoms with Crippen molar-refractivity contribution in [1.29, 1.82) is 0 Å². The van der Waals surface area contributed by atoms with E-state index in [1.165, 1.54) is 12.3 Å². The van der Waals surface area contributed by atoms with E-state index in [-0.39, 0.29) is 11.7 Å². The van der Waals surface area contributed by atoms with Crippen molar-refractivity contribution >= 4 is 35.2 Å². The fourth-order valence-electron chi connectivity index (χ4n) is 5.20. The molecule has 1 N–H and O–H groups in total. The summed E-state index contributed by atoms with van der Waals surface area (Å²) in [7, 11) is 0. The van der Waals surface area contributed by atoms with Crippen molar-refractivity contribution in [3.05, 3.63) is 57.2 Å². The van der Waals surface area contributed by atoms with E-state index in [9.17, 15) is 9.18 Å². The van der Waals surface area contributed by atoms with Gasteiger partial charge in [-0.05, 0) is 76.2 Å². The van der Waals surface area contributed by atoms with Gasteiger partial charge in [-0.3, -0.25) is 9.88 Å². The Balaban J connectivity index is 1.54. The highest BCUT2D eigenvalue weighted by Crippen LogP contribution is 2.42. The summed E-state index contributed by atoms with van der Waals surface area (Å²) in [5.74, 6) is 0.185. The van der Waals surface area contributed by atoms with Gasteiger partial charge in [0.15, 0.2) is 0 Å². The molecule has 2 aliphatic heterocycles. The number of aromatic nitrogens is 2. The number of azo groups is 1. The Kier molecular flexibility index (Phi) is 6.25. The van der Waals surface area contributed by atoms with E-state index < -0.39 is 11.7 Å². The Morgan fingerprint density at radius 3 is 2.63 bits per heavy atom. The number of pyridine rings is 1. The smallest absolute Gasteiger partial charge is 0.415 e. The molecule has 1 amide bonds. The van der Waals surface area contributed by atoms with Crippen molar-refractivity contribution < 1.29 is 13.9 Å². The van der Waals surface area contributed by atoms with Crippen LogP contribution < -0.4 is 15.6 Å². The molecule has 0 unspecified atom stereocenters. The summed E-state index contributed by atoms with van der Waals surface area (Å²) in [6, 6.07) is 3.26. The molecule has 2 aromatic heterocycles. The molecule has 3 aliphatic rings. The first-order valence-electron chi connectivity index (χ1n) is 12.0. The fraction of sp³-hybridized carbons (Fsp3) is 0.462. The number of nitrogens with zero attached hydrogens (tertiary/aromatic N) is 4. The van der Waals surface area contributed by atoms with Crippen LogP contribution in [0.3, 0.4) is 0 Å². The first kappa shape index (κ1) is 23.7. The Bertz CT molecular complexity index is 1320. The largest absolute Gasteiger partial charge is 0.443 e. The van der Waals surface area contributed by atoms with E-state index in [1.807, 2.05) is 26.8 Å². The number of carbonyl (C=O) groups excluding carboxylic acids is 1. The second-order valence-corrected chi connectivity index (χ2v) is 10.7. The molecule has 35 heavy (non-hydrogen) atoms. The van der Waals surface area contributed by atoms with Gasteiger partial charge in [-0.15, -0.1) is 0 Å². The minimum absolute atomic E-state index is 0.210. The maximum absolute atomic E-state index is 13.3. The first-order chi connectivity index (χ1) is 16.7. The zero-order chi connectivity index (χ0) is 24.7. The summed E-state index contributed by atoms with van der Waals surface area (Å²) in [4.78, 5) is 22.7. The van der Waals surface area contributed by atoms with E-state index >= 15 is 0 Å². The minimum Gasteiger partial charge on any atom is -0.443 e. The van der Waals surface area contributed by atoms with Gasteiger partial charge >= 0.3 is 6.09 Å². The fourth-order valence-corrected chi connectivity index (χ4v) is 5.52. The van der Waals surface area contributed by atoms with Crippen molar-refractivity contribution in [2.24, 2.45) is 16.1 Å². The number of anilines is 1. The molecule has 1 aliphatic carbocycles. The number of carbonyl (C=O) groups is 1. The van der Waals surface area contributed by atoms with Crippen LogP contribution in [0, 0.1) is 11.7 Å². The standard InChI is InChI=1S/C26H29ClFN5O2/c1-26(2,3)35-25(34)33-11-10-19(27)22(23-24(33)18-13-30-31-14-21(18)32-23)16-6-4-15(5-7-16)20-9-8-17(28)12-29-20/h8-10,12,14-16,32H,4-7,11,13H2,1-3H3. The second kappa shape index (κ2) is 9.22. The van der Waals surface area contributed by atoms with Crippen LogP contribution in [0.1, 0.15) is 63.6 Å². The summed E-state index contributed by atoms with van der Waals surface area (Å²) < 4.78 is 19.0.